The molecule has 4 nitrogen and oxygen atoms in total. The Bertz CT molecular complexity index is 213. The normalized spacial score (nSPS) is 12.7. The zero-order chi connectivity index (χ0) is 13.8. The summed E-state index contributed by atoms with van der Waals surface area (Å²) in [6, 6.07) is -0.129. The first-order chi connectivity index (χ1) is 8.57. The van der Waals surface area contributed by atoms with Gasteiger partial charge in [-0.3, -0.25) is 4.79 Å². The van der Waals surface area contributed by atoms with Gasteiger partial charge in [0, 0.05) is 25.4 Å². The molecule has 3 N–H and O–H groups in total. The molecule has 1 unspecified atom stereocenters. The number of carbonyl (C=O) groups excluding carboxylic acids is 1. The van der Waals surface area contributed by atoms with E-state index in [9.17, 15) is 4.79 Å². The molecule has 0 aliphatic rings. The summed E-state index contributed by atoms with van der Waals surface area (Å²) in [5.41, 5.74) is 0. The summed E-state index contributed by atoms with van der Waals surface area (Å²) >= 11 is 1.80. The molecule has 0 aromatic heterocycles. The number of nitrogens with one attached hydrogen (secondary N) is 2. The van der Waals surface area contributed by atoms with Gasteiger partial charge < -0.3 is 15.7 Å². The van der Waals surface area contributed by atoms with Crippen LogP contribution < -0.4 is 10.6 Å². The van der Waals surface area contributed by atoms with E-state index in [1.54, 1.807) is 11.8 Å². The first kappa shape index (κ1) is 17.7. The maximum Gasteiger partial charge on any atom is 0.236 e. The highest BCUT2D eigenvalue weighted by atomic mass is 32.2. The van der Waals surface area contributed by atoms with E-state index in [1.807, 2.05) is 6.92 Å². The topological polar surface area (TPSA) is 61.4 Å². The Kier molecular flexibility index (Phi) is 11.6. The van der Waals surface area contributed by atoms with Gasteiger partial charge in [0.2, 0.25) is 5.91 Å². The van der Waals surface area contributed by atoms with Crippen molar-refractivity contribution in [3.8, 4) is 0 Å². The van der Waals surface area contributed by atoms with Gasteiger partial charge in [0.1, 0.15) is 0 Å². The summed E-state index contributed by atoms with van der Waals surface area (Å²) in [5, 5.41) is 14.8. The van der Waals surface area contributed by atoms with Crippen LogP contribution in [0.5, 0.6) is 0 Å². The minimum Gasteiger partial charge on any atom is -0.396 e. The second-order valence-electron chi connectivity index (χ2n) is 4.84. The number of hydrogen-bond donors (Lipinski definition) is 3. The molecule has 5 heteroatoms. The van der Waals surface area contributed by atoms with Crippen LogP contribution in [-0.4, -0.2) is 48.3 Å². The standard InChI is InChI=1S/C13H28N2O2S/c1-11(2)5-6-15-13(17)12(3)14-7-10-18-9-4-8-16/h11-12,14,16H,4-10H2,1-3H3,(H,15,17). The molecule has 0 aromatic rings. The van der Waals surface area contributed by atoms with Crippen molar-refractivity contribution in [2.45, 2.75) is 39.7 Å². The lowest BCUT2D eigenvalue weighted by molar-refractivity contribution is -0.122. The van der Waals surface area contributed by atoms with Gasteiger partial charge in [0.05, 0.1) is 6.04 Å². The first-order valence-corrected chi connectivity index (χ1v) is 7.93. The Morgan fingerprint density at radius 1 is 1.22 bits per heavy atom. The smallest absolute Gasteiger partial charge is 0.236 e. The van der Waals surface area contributed by atoms with Crippen molar-refractivity contribution >= 4 is 17.7 Å². The van der Waals surface area contributed by atoms with Crippen LogP contribution in [0.4, 0.5) is 0 Å². The summed E-state index contributed by atoms with van der Waals surface area (Å²) in [5.74, 6) is 2.66. The highest BCUT2D eigenvalue weighted by molar-refractivity contribution is 7.99. The number of hydrogen-bond acceptors (Lipinski definition) is 4. The number of thioether (sulfide) groups is 1. The van der Waals surface area contributed by atoms with Gasteiger partial charge in [-0.25, -0.2) is 0 Å². The SMILES string of the molecule is CC(C)CCNC(=O)C(C)NCCSCCCO. The summed E-state index contributed by atoms with van der Waals surface area (Å²) in [4.78, 5) is 11.7. The van der Waals surface area contributed by atoms with Crippen LogP contribution in [0.15, 0.2) is 0 Å². The van der Waals surface area contributed by atoms with Crippen molar-refractivity contribution in [1.29, 1.82) is 0 Å². The molecular weight excluding hydrogens is 248 g/mol. The largest absolute Gasteiger partial charge is 0.396 e. The summed E-state index contributed by atoms with van der Waals surface area (Å²) < 4.78 is 0. The van der Waals surface area contributed by atoms with E-state index < -0.39 is 0 Å². The van der Waals surface area contributed by atoms with Crippen LogP contribution in [0.25, 0.3) is 0 Å². The lowest BCUT2D eigenvalue weighted by Crippen LogP contribution is -2.43. The summed E-state index contributed by atoms with van der Waals surface area (Å²) in [6.45, 7) is 8.04. The number of amides is 1. The maximum atomic E-state index is 11.7. The Balaban J connectivity index is 3.44. The van der Waals surface area contributed by atoms with Crippen LogP contribution in [0, 0.1) is 5.92 Å². The Labute approximate surface area is 115 Å². The second kappa shape index (κ2) is 11.8. The van der Waals surface area contributed by atoms with Crippen molar-refractivity contribution in [2.24, 2.45) is 5.92 Å². The fraction of sp³-hybridized carbons (Fsp3) is 0.923. The van der Waals surface area contributed by atoms with Crippen LogP contribution in [0.3, 0.4) is 0 Å². The molecule has 0 spiro atoms. The zero-order valence-corrected chi connectivity index (χ0v) is 12.7. The van der Waals surface area contributed by atoms with Gasteiger partial charge >= 0.3 is 0 Å². The third-order valence-corrected chi connectivity index (χ3v) is 3.63. The van der Waals surface area contributed by atoms with Crippen LogP contribution in [-0.2, 0) is 4.79 Å². The van der Waals surface area contributed by atoms with Crippen LogP contribution in [0.1, 0.15) is 33.6 Å². The molecule has 1 atom stereocenters. The van der Waals surface area contributed by atoms with Crippen molar-refractivity contribution in [3.05, 3.63) is 0 Å². The van der Waals surface area contributed by atoms with Crippen LogP contribution >= 0.6 is 11.8 Å². The second-order valence-corrected chi connectivity index (χ2v) is 6.06. The third-order valence-electron chi connectivity index (χ3n) is 2.56. The van der Waals surface area contributed by atoms with Crippen molar-refractivity contribution in [1.82, 2.24) is 10.6 Å². The summed E-state index contributed by atoms with van der Waals surface area (Å²) in [7, 11) is 0. The fourth-order valence-electron chi connectivity index (χ4n) is 1.35. The van der Waals surface area contributed by atoms with Crippen molar-refractivity contribution in [2.75, 3.05) is 31.2 Å². The molecule has 0 saturated carbocycles. The van der Waals surface area contributed by atoms with Crippen molar-refractivity contribution in [3.63, 3.8) is 0 Å². The maximum absolute atomic E-state index is 11.7. The Hall–Kier alpha value is -0.260. The van der Waals surface area contributed by atoms with Crippen LogP contribution in [0.2, 0.25) is 0 Å². The fourth-order valence-corrected chi connectivity index (χ4v) is 2.15. The van der Waals surface area contributed by atoms with E-state index >= 15 is 0 Å². The van der Waals surface area contributed by atoms with Gasteiger partial charge in [-0.1, -0.05) is 13.8 Å². The number of carbonyl (C=O) groups is 1. The molecule has 0 fully saturated rings. The van der Waals surface area contributed by atoms with E-state index in [4.69, 9.17) is 5.11 Å². The number of aliphatic hydroxyl groups is 1. The number of aliphatic hydroxyl groups excluding tert-OH is 1. The van der Waals surface area contributed by atoms with Gasteiger partial charge in [0.15, 0.2) is 0 Å². The molecule has 0 heterocycles. The summed E-state index contributed by atoms with van der Waals surface area (Å²) in [6.07, 6.45) is 1.87. The zero-order valence-electron chi connectivity index (χ0n) is 11.9. The van der Waals surface area contributed by atoms with E-state index in [0.717, 1.165) is 37.4 Å². The lowest BCUT2D eigenvalue weighted by atomic mass is 10.1. The molecule has 0 rings (SSSR count). The molecular formula is C13H28N2O2S. The highest BCUT2D eigenvalue weighted by Crippen LogP contribution is 2.00. The average Bonchev–Trinajstić information content (AvgIpc) is 2.32. The molecule has 0 aliphatic carbocycles. The molecule has 108 valence electrons. The number of rotatable bonds is 11. The van der Waals surface area contributed by atoms with E-state index in [2.05, 4.69) is 24.5 Å². The molecule has 0 saturated heterocycles. The van der Waals surface area contributed by atoms with E-state index in [0.29, 0.717) is 5.92 Å². The Morgan fingerprint density at radius 3 is 2.56 bits per heavy atom. The van der Waals surface area contributed by atoms with Gasteiger partial charge in [0.25, 0.3) is 0 Å². The quantitative estimate of drug-likeness (QED) is 0.497. The van der Waals surface area contributed by atoms with Gasteiger partial charge in [-0.2, -0.15) is 11.8 Å². The monoisotopic (exact) mass is 276 g/mol. The lowest BCUT2D eigenvalue weighted by Gasteiger charge is -2.14. The third kappa shape index (κ3) is 10.9. The molecule has 18 heavy (non-hydrogen) atoms. The van der Waals surface area contributed by atoms with Gasteiger partial charge in [-0.15, -0.1) is 0 Å². The predicted molar refractivity (Wildman–Crippen MR) is 79.0 cm³/mol. The average molecular weight is 276 g/mol. The molecule has 1 amide bonds. The predicted octanol–water partition coefficient (Wildman–Crippen LogP) is 1.24. The van der Waals surface area contributed by atoms with Crippen molar-refractivity contribution < 1.29 is 9.90 Å². The van der Waals surface area contributed by atoms with E-state index in [-0.39, 0.29) is 18.6 Å². The molecule has 0 radical (unpaired) electrons. The highest BCUT2D eigenvalue weighted by Gasteiger charge is 2.10. The van der Waals surface area contributed by atoms with Gasteiger partial charge in [-0.05, 0) is 31.4 Å². The van der Waals surface area contributed by atoms with E-state index in [1.165, 1.54) is 0 Å². The molecule has 0 aromatic carbocycles. The first-order valence-electron chi connectivity index (χ1n) is 6.77. The minimum atomic E-state index is -0.129. The molecule has 0 bridgehead atoms. The Morgan fingerprint density at radius 2 is 1.94 bits per heavy atom. The molecule has 0 aliphatic heterocycles. The minimum absolute atomic E-state index is 0.0796.